The van der Waals surface area contributed by atoms with Crippen LogP contribution in [0.4, 0.5) is 0 Å². The van der Waals surface area contributed by atoms with E-state index in [2.05, 4.69) is 17.3 Å². The molecule has 0 bridgehead atoms. The first-order chi connectivity index (χ1) is 8.65. The Bertz CT molecular complexity index is 625. The number of aryl methyl sites for hydroxylation is 1. The van der Waals surface area contributed by atoms with Crippen molar-refractivity contribution in [3.8, 4) is 0 Å². The third-order valence-corrected chi connectivity index (χ3v) is 3.67. The Balaban J connectivity index is 1.88. The molecule has 0 radical (unpaired) electrons. The van der Waals surface area contributed by atoms with Crippen LogP contribution in [-0.2, 0) is 13.6 Å². The van der Waals surface area contributed by atoms with Gasteiger partial charge in [0.15, 0.2) is 5.58 Å². The van der Waals surface area contributed by atoms with Crippen LogP contribution < -0.4 is 11.1 Å². The molecule has 0 amide bonds. The summed E-state index contributed by atoms with van der Waals surface area (Å²) in [5.41, 5.74) is 2.71. The smallest absolute Gasteiger partial charge is 0.408 e. The van der Waals surface area contributed by atoms with Gasteiger partial charge in [0, 0.05) is 32.7 Å². The highest BCUT2D eigenvalue weighted by molar-refractivity contribution is 5.73. The molecule has 2 aromatic rings. The van der Waals surface area contributed by atoms with Crippen LogP contribution in [0.25, 0.3) is 11.1 Å². The molecule has 5 heteroatoms. The van der Waals surface area contributed by atoms with E-state index in [1.54, 1.807) is 11.6 Å². The van der Waals surface area contributed by atoms with E-state index in [-0.39, 0.29) is 5.76 Å². The fourth-order valence-electron chi connectivity index (χ4n) is 2.27. The van der Waals surface area contributed by atoms with Crippen LogP contribution in [0.3, 0.4) is 0 Å². The van der Waals surface area contributed by atoms with Gasteiger partial charge >= 0.3 is 5.76 Å². The van der Waals surface area contributed by atoms with Gasteiger partial charge in [0.25, 0.3) is 0 Å². The summed E-state index contributed by atoms with van der Waals surface area (Å²) in [5.74, 6) is -0.307. The third kappa shape index (κ3) is 1.85. The van der Waals surface area contributed by atoms with Crippen molar-refractivity contribution in [3.63, 3.8) is 0 Å². The largest absolute Gasteiger partial charge is 0.419 e. The molecule has 18 heavy (non-hydrogen) atoms. The van der Waals surface area contributed by atoms with E-state index in [4.69, 9.17) is 4.42 Å². The number of benzene rings is 1. The van der Waals surface area contributed by atoms with Crippen molar-refractivity contribution in [2.75, 3.05) is 20.1 Å². The van der Waals surface area contributed by atoms with E-state index in [1.165, 1.54) is 5.56 Å². The molecule has 1 aromatic heterocycles. The minimum absolute atomic E-state index is 0.307. The fraction of sp³-hybridized carbons (Fsp3) is 0.462. The molecule has 1 N–H and O–H groups in total. The van der Waals surface area contributed by atoms with Crippen LogP contribution in [-0.4, -0.2) is 35.6 Å². The number of oxazole rings is 1. The lowest BCUT2D eigenvalue weighted by Gasteiger charge is -2.35. The number of rotatable bonds is 3. The number of nitrogens with zero attached hydrogens (tertiary/aromatic N) is 2. The molecule has 1 aliphatic rings. The van der Waals surface area contributed by atoms with Gasteiger partial charge in [0.2, 0.25) is 0 Å². The van der Waals surface area contributed by atoms with Crippen molar-refractivity contribution in [2.24, 2.45) is 7.05 Å². The topological polar surface area (TPSA) is 50.4 Å². The maximum atomic E-state index is 11.4. The number of likely N-dealkylation sites (N-methyl/N-ethyl adjacent to an activating group) is 1. The second-order valence-corrected chi connectivity index (χ2v) is 4.96. The highest BCUT2D eigenvalue weighted by atomic mass is 16.4. The van der Waals surface area contributed by atoms with Crippen LogP contribution in [0.1, 0.15) is 5.56 Å². The first-order valence-corrected chi connectivity index (χ1v) is 6.14. The van der Waals surface area contributed by atoms with Gasteiger partial charge in [-0.05, 0) is 24.7 Å². The van der Waals surface area contributed by atoms with Crippen LogP contribution in [0.15, 0.2) is 27.4 Å². The molecule has 5 nitrogen and oxygen atoms in total. The van der Waals surface area contributed by atoms with Gasteiger partial charge in [-0.3, -0.25) is 9.47 Å². The normalized spacial score (nSPS) is 16.4. The fourth-order valence-corrected chi connectivity index (χ4v) is 2.27. The first kappa shape index (κ1) is 11.5. The van der Waals surface area contributed by atoms with E-state index in [9.17, 15) is 4.79 Å². The van der Waals surface area contributed by atoms with E-state index >= 15 is 0 Å². The maximum Gasteiger partial charge on any atom is 0.419 e. The molecule has 0 unspecified atom stereocenters. The van der Waals surface area contributed by atoms with Gasteiger partial charge in [-0.2, -0.15) is 0 Å². The van der Waals surface area contributed by atoms with E-state index in [0.29, 0.717) is 11.6 Å². The quantitative estimate of drug-likeness (QED) is 0.860. The average molecular weight is 247 g/mol. The van der Waals surface area contributed by atoms with Crippen LogP contribution in [0.2, 0.25) is 0 Å². The molecule has 1 aliphatic heterocycles. The lowest BCUT2D eigenvalue weighted by Crippen LogP contribution is -2.55. The highest BCUT2D eigenvalue weighted by Crippen LogP contribution is 2.16. The van der Waals surface area contributed by atoms with Crippen molar-refractivity contribution < 1.29 is 4.42 Å². The second-order valence-electron chi connectivity index (χ2n) is 4.96. The van der Waals surface area contributed by atoms with Crippen LogP contribution in [0, 0.1) is 0 Å². The summed E-state index contributed by atoms with van der Waals surface area (Å²) in [5, 5.41) is 3.27. The lowest BCUT2D eigenvalue weighted by atomic mass is 10.1. The average Bonchev–Trinajstić information content (AvgIpc) is 2.53. The zero-order valence-electron chi connectivity index (χ0n) is 10.6. The molecule has 0 atom stereocenters. The second kappa shape index (κ2) is 4.26. The molecule has 0 spiro atoms. The zero-order chi connectivity index (χ0) is 12.7. The van der Waals surface area contributed by atoms with Crippen molar-refractivity contribution >= 4 is 11.1 Å². The van der Waals surface area contributed by atoms with Gasteiger partial charge in [0.1, 0.15) is 0 Å². The number of aromatic nitrogens is 1. The molecule has 0 saturated carbocycles. The minimum Gasteiger partial charge on any atom is -0.408 e. The molecule has 1 saturated heterocycles. The monoisotopic (exact) mass is 247 g/mol. The van der Waals surface area contributed by atoms with Gasteiger partial charge in [-0.15, -0.1) is 0 Å². The van der Waals surface area contributed by atoms with Crippen molar-refractivity contribution in [2.45, 2.75) is 12.6 Å². The predicted octanol–water partition coefficient (Wildman–Crippen LogP) is 0.535. The highest BCUT2D eigenvalue weighted by Gasteiger charge is 2.21. The van der Waals surface area contributed by atoms with Crippen LogP contribution >= 0.6 is 0 Å². The van der Waals surface area contributed by atoms with E-state index < -0.39 is 0 Å². The Hall–Kier alpha value is -1.59. The molecule has 3 rings (SSSR count). The number of nitrogens with one attached hydrogen (secondary N) is 1. The molecular formula is C13H17N3O2. The SMILES string of the molecule is CN(Cc1ccc2oc(=O)n(C)c2c1)C1CNC1. The third-order valence-electron chi connectivity index (χ3n) is 3.67. The van der Waals surface area contributed by atoms with Gasteiger partial charge in [-0.25, -0.2) is 4.79 Å². The first-order valence-electron chi connectivity index (χ1n) is 6.14. The van der Waals surface area contributed by atoms with E-state index in [0.717, 1.165) is 25.2 Å². The Morgan fingerprint density at radius 1 is 1.50 bits per heavy atom. The van der Waals surface area contributed by atoms with E-state index in [1.807, 2.05) is 18.2 Å². The zero-order valence-corrected chi connectivity index (χ0v) is 10.6. The van der Waals surface area contributed by atoms with Gasteiger partial charge < -0.3 is 9.73 Å². The number of fused-ring (bicyclic) bond motifs is 1. The molecule has 0 aliphatic carbocycles. The molecule has 96 valence electrons. The summed E-state index contributed by atoms with van der Waals surface area (Å²) in [6.07, 6.45) is 0. The molecule has 1 fully saturated rings. The summed E-state index contributed by atoms with van der Waals surface area (Å²) in [4.78, 5) is 13.7. The van der Waals surface area contributed by atoms with Crippen molar-refractivity contribution in [1.29, 1.82) is 0 Å². The lowest BCUT2D eigenvalue weighted by molar-refractivity contribution is 0.173. The maximum absolute atomic E-state index is 11.4. The van der Waals surface area contributed by atoms with Gasteiger partial charge in [-0.1, -0.05) is 6.07 Å². The minimum atomic E-state index is -0.307. The molecule has 2 heterocycles. The summed E-state index contributed by atoms with van der Waals surface area (Å²) in [6.45, 7) is 3.01. The van der Waals surface area contributed by atoms with Crippen LogP contribution in [0.5, 0.6) is 0 Å². The van der Waals surface area contributed by atoms with Crippen molar-refractivity contribution in [3.05, 3.63) is 34.3 Å². The van der Waals surface area contributed by atoms with Crippen molar-refractivity contribution in [1.82, 2.24) is 14.8 Å². The summed E-state index contributed by atoms with van der Waals surface area (Å²) < 4.78 is 6.67. The molecular weight excluding hydrogens is 230 g/mol. The summed E-state index contributed by atoms with van der Waals surface area (Å²) >= 11 is 0. The van der Waals surface area contributed by atoms with Gasteiger partial charge in [0.05, 0.1) is 5.52 Å². The number of hydrogen-bond donors (Lipinski definition) is 1. The Morgan fingerprint density at radius 3 is 2.94 bits per heavy atom. The summed E-state index contributed by atoms with van der Waals surface area (Å²) in [6, 6.07) is 6.55. The Kier molecular flexibility index (Phi) is 2.72. The standard InChI is InChI=1S/C13H17N3O2/c1-15(10-6-14-7-10)8-9-3-4-12-11(5-9)16(2)13(17)18-12/h3-5,10,14H,6-8H2,1-2H3. The Morgan fingerprint density at radius 2 is 2.28 bits per heavy atom. The predicted molar refractivity (Wildman–Crippen MR) is 69.6 cm³/mol. The summed E-state index contributed by atoms with van der Waals surface area (Å²) in [7, 11) is 3.86. The Labute approximate surface area is 105 Å². The molecule has 1 aromatic carbocycles. The number of hydrogen-bond acceptors (Lipinski definition) is 4.